The maximum Gasteiger partial charge on any atom is 0.573 e. The number of alkyl halides is 3. The third-order valence-corrected chi connectivity index (χ3v) is 3.60. The van der Waals surface area contributed by atoms with Crippen LogP contribution in [0.1, 0.15) is 5.56 Å². The van der Waals surface area contributed by atoms with Gasteiger partial charge >= 0.3 is 6.36 Å². The summed E-state index contributed by atoms with van der Waals surface area (Å²) in [6.07, 6.45) is -4.66. The summed E-state index contributed by atoms with van der Waals surface area (Å²) in [5, 5.41) is 0. The Bertz CT molecular complexity index is 467. The lowest BCUT2D eigenvalue weighted by molar-refractivity contribution is -0.274. The highest BCUT2D eigenvalue weighted by molar-refractivity contribution is 5.28. The van der Waals surface area contributed by atoms with Gasteiger partial charge in [0.15, 0.2) is 0 Å². The standard InChI is InChI=1S/C14H20F3N3O/c1-19-5-6-20(12(8-18)10-19)9-11-3-2-4-13(7-11)21-14(15,16)17/h2-4,7,12H,5-6,8-10,18H2,1H3. The van der Waals surface area contributed by atoms with Gasteiger partial charge in [-0.3, -0.25) is 4.90 Å². The van der Waals surface area contributed by atoms with E-state index in [1.165, 1.54) is 12.1 Å². The molecule has 4 nitrogen and oxygen atoms in total. The van der Waals surface area contributed by atoms with Crippen molar-refractivity contribution < 1.29 is 17.9 Å². The second kappa shape index (κ2) is 6.64. The summed E-state index contributed by atoms with van der Waals surface area (Å²) >= 11 is 0. The van der Waals surface area contributed by atoms with E-state index in [-0.39, 0.29) is 11.8 Å². The van der Waals surface area contributed by atoms with Crippen molar-refractivity contribution >= 4 is 0 Å². The molecule has 1 aliphatic heterocycles. The molecule has 21 heavy (non-hydrogen) atoms. The largest absolute Gasteiger partial charge is 0.573 e. The van der Waals surface area contributed by atoms with Crippen LogP contribution in [0.4, 0.5) is 13.2 Å². The Balaban J connectivity index is 2.03. The molecular formula is C14H20F3N3O. The predicted molar refractivity (Wildman–Crippen MR) is 73.9 cm³/mol. The van der Waals surface area contributed by atoms with E-state index < -0.39 is 6.36 Å². The summed E-state index contributed by atoms with van der Waals surface area (Å²) in [6.45, 7) is 3.75. The molecule has 0 radical (unpaired) electrons. The maximum atomic E-state index is 12.2. The molecule has 0 saturated carbocycles. The van der Waals surface area contributed by atoms with Crippen LogP contribution in [0, 0.1) is 0 Å². The van der Waals surface area contributed by atoms with Crippen molar-refractivity contribution in [3.8, 4) is 5.75 Å². The molecule has 0 aromatic heterocycles. The van der Waals surface area contributed by atoms with E-state index in [1.807, 2.05) is 7.05 Å². The number of hydrogen-bond acceptors (Lipinski definition) is 4. The van der Waals surface area contributed by atoms with Crippen molar-refractivity contribution in [2.75, 3.05) is 33.2 Å². The Hall–Kier alpha value is -1.31. The number of rotatable bonds is 4. The quantitative estimate of drug-likeness (QED) is 0.918. The summed E-state index contributed by atoms with van der Waals surface area (Å²) < 4.78 is 40.7. The van der Waals surface area contributed by atoms with Crippen LogP contribution in [0.3, 0.4) is 0 Å². The van der Waals surface area contributed by atoms with Gasteiger partial charge in [0.05, 0.1) is 0 Å². The van der Waals surface area contributed by atoms with Crippen LogP contribution in [0.2, 0.25) is 0 Å². The topological polar surface area (TPSA) is 41.7 Å². The van der Waals surface area contributed by atoms with Gasteiger partial charge in [-0.15, -0.1) is 13.2 Å². The lowest BCUT2D eigenvalue weighted by Gasteiger charge is -2.39. The van der Waals surface area contributed by atoms with Crippen molar-refractivity contribution in [3.05, 3.63) is 29.8 Å². The van der Waals surface area contributed by atoms with Gasteiger partial charge in [-0.25, -0.2) is 0 Å². The molecule has 118 valence electrons. The van der Waals surface area contributed by atoms with Crippen LogP contribution < -0.4 is 10.5 Å². The molecule has 1 aromatic rings. The molecule has 1 heterocycles. The number of ether oxygens (including phenoxy) is 1. The molecule has 2 N–H and O–H groups in total. The second-order valence-electron chi connectivity index (χ2n) is 5.32. The van der Waals surface area contributed by atoms with Gasteiger partial charge in [0.25, 0.3) is 0 Å². The first kappa shape index (κ1) is 16.1. The minimum absolute atomic E-state index is 0.182. The fourth-order valence-electron chi connectivity index (χ4n) is 2.56. The normalized spacial score (nSPS) is 21.5. The van der Waals surface area contributed by atoms with Crippen molar-refractivity contribution in [2.24, 2.45) is 5.73 Å². The molecule has 1 aromatic carbocycles. The van der Waals surface area contributed by atoms with E-state index in [1.54, 1.807) is 12.1 Å². The van der Waals surface area contributed by atoms with Crippen LogP contribution in [-0.2, 0) is 6.54 Å². The summed E-state index contributed by atoms with van der Waals surface area (Å²) in [5.74, 6) is -0.182. The highest BCUT2D eigenvalue weighted by atomic mass is 19.4. The zero-order valence-electron chi connectivity index (χ0n) is 11.9. The minimum atomic E-state index is -4.66. The third-order valence-electron chi connectivity index (χ3n) is 3.60. The highest BCUT2D eigenvalue weighted by Gasteiger charge is 2.31. The van der Waals surface area contributed by atoms with Crippen LogP contribution in [0.25, 0.3) is 0 Å². The zero-order chi connectivity index (χ0) is 15.5. The van der Waals surface area contributed by atoms with Crippen molar-refractivity contribution in [1.82, 2.24) is 9.80 Å². The van der Waals surface area contributed by atoms with E-state index in [4.69, 9.17) is 5.73 Å². The minimum Gasteiger partial charge on any atom is -0.406 e. The SMILES string of the molecule is CN1CCN(Cc2cccc(OC(F)(F)F)c2)C(CN)C1. The molecule has 0 aliphatic carbocycles. The monoisotopic (exact) mass is 303 g/mol. The molecule has 7 heteroatoms. The number of nitrogens with two attached hydrogens (primary N) is 1. The fourth-order valence-corrected chi connectivity index (χ4v) is 2.56. The first-order valence-corrected chi connectivity index (χ1v) is 6.85. The summed E-state index contributed by atoms with van der Waals surface area (Å²) in [7, 11) is 2.04. The first-order valence-electron chi connectivity index (χ1n) is 6.85. The molecule has 1 saturated heterocycles. The van der Waals surface area contributed by atoms with Gasteiger partial charge in [0.2, 0.25) is 0 Å². The summed E-state index contributed by atoms with van der Waals surface area (Å²) in [5.41, 5.74) is 6.57. The highest BCUT2D eigenvalue weighted by Crippen LogP contribution is 2.24. The molecule has 1 atom stereocenters. The Labute approximate surface area is 122 Å². The van der Waals surface area contributed by atoms with Crippen LogP contribution >= 0.6 is 0 Å². The molecule has 1 fully saturated rings. The van der Waals surface area contributed by atoms with E-state index in [0.29, 0.717) is 13.1 Å². The molecule has 0 bridgehead atoms. The molecular weight excluding hydrogens is 283 g/mol. The van der Waals surface area contributed by atoms with Gasteiger partial charge < -0.3 is 15.4 Å². The molecule has 1 aliphatic rings. The van der Waals surface area contributed by atoms with Crippen molar-refractivity contribution in [2.45, 2.75) is 18.9 Å². The molecule has 0 amide bonds. The van der Waals surface area contributed by atoms with E-state index in [2.05, 4.69) is 14.5 Å². The maximum absolute atomic E-state index is 12.2. The van der Waals surface area contributed by atoms with Gasteiger partial charge in [0.1, 0.15) is 5.75 Å². The lowest BCUT2D eigenvalue weighted by Crippen LogP contribution is -2.54. The average molecular weight is 303 g/mol. The van der Waals surface area contributed by atoms with E-state index >= 15 is 0 Å². The van der Waals surface area contributed by atoms with Crippen molar-refractivity contribution in [3.63, 3.8) is 0 Å². The molecule has 2 rings (SSSR count). The number of hydrogen-bond donors (Lipinski definition) is 1. The third kappa shape index (κ3) is 4.87. The first-order chi connectivity index (χ1) is 9.87. The van der Waals surface area contributed by atoms with Crippen LogP contribution in [0.15, 0.2) is 24.3 Å². The van der Waals surface area contributed by atoms with Crippen LogP contribution in [0.5, 0.6) is 5.75 Å². The number of piperazine rings is 1. The lowest BCUT2D eigenvalue weighted by atomic mass is 10.1. The number of benzene rings is 1. The van der Waals surface area contributed by atoms with E-state index in [0.717, 1.165) is 25.2 Å². The van der Waals surface area contributed by atoms with Gasteiger partial charge in [-0.1, -0.05) is 12.1 Å². The Morgan fingerprint density at radius 3 is 2.76 bits per heavy atom. The fraction of sp³-hybridized carbons (Fsp3) is 0.571. The second-order valence-corrected chi connectivity index (χ2v) is 5.32. The predicted octanol–water partition coefficient (Wildman–Crippen LogP) is 1.66. The Morgan fingerprint density at radius 2 is 2.10 bits per heavy atom. The summed E-state index contributed by atoms with van der Waals surface area (Å²) in [6, 6.07) is 6.33. The van der Waals surface area contributed by atoms with Gasteiger partial charge in [-0.05, 0) is 24.7 Å². The smallest absolute Gasteiger partial charge is 0.406 e. The van der Waals surface area contributed by atoms with Crippen molar-refractivity contribution in [1.29, 1.82) is 0 Å². The number of halogens is 3. The Morgan fingerprint density at radius 1 is 1.33 bits per heavy atom. The van der Waals surface area contributed by atoms with Gasteiger partial charge in [0, 0.05) is 38.8 Å². The number of likely N-dealkylation sites (N-methyl/N-ethyl adjacent to an activating group) is 1. The molecule has 0 spiro atoms. The number of nitrogens with zero attached hydrogens (tertiary/aromatic N) is 2. The van der Waals surface area contributed by atoms with E-state index in [9.17, 15) is 13.2 Å². The van der Waals surface area contributed by atoms with Crippen LogP contribution in [-0.4, -0.2) is 55.4 Å². The van der Waals surface area contributed by atoms with Gasteiger partial charge in [-0.2, -0.15) is 0 Å². The summed E-state index contributed by atoms with van der Waals surface area (Å²) in [4.78, 5) is 4.41. The zero-order valence-corrected chi connectivity index (χ0v) is 11.9. The Kier molecular flexibility index (Phi) is 5.08. The average Bonchev–Trinajstić information content (AvgIpc) is 2.39. The molecule has 1 unspecified atom stereocenters.